The molecule has 1 unspecified atom stereocenters. The fraction of sp³-hybridized carbons (Fsp3) is 0.412. The number of hydrogen-bond donors (Lipinski definition) is 1. The Bertz CT molecular complexity index is 648. The van der Waals surface area contributed by atoms with Crippen molar-refractivity contribution < 1.29 is 9.32 Å². The number of piperidine rings is 1. The topological polar surface area (TPSA) is 72.4 Å². The van der Waals surface area contributed by atoms with E-state index in [0.717, 1.165) is 31.4 Å². The van der Waals surface area contributed by atoms with Crippen LogP contribution in [0.25, 0.3) is 11.3 Å². The summed E-state index contributed by atoms with van der Waals surface area (Å²) in [6, 6.07) is 9.81. The van der Waals surface area contributed by atoms with Gasteiger partial charge in [0, 0.05) is 30.8 Å². The van der Waals surface area contributed by atoms with Crippen molar-refractivity contribution in [2.24, 2.45) is 5.73 Å². The van der Waals surface area contributed by atoms with Gasteiger partial charge in [0.1, 0.15) is 5.69 Å². The molecule has 22 heavy (non-hydrogen) atoms. The lowest BCUT2D eigenvalue weighted by atomic mass is 10.0. The van der Waals surface area contributed by atoms with E-state index in [1.165, 1.54) is 5.56 Å². The van der Waals surface area contributed by atoms with Gasteiger partial charge in [-0.25, -0.2) is 0 Å². The predicted octanol–water partition coefficient (Wildman–Crippen LogP) is 2.60. The molecule has 2 aromatic rings. The summed E-state index contributed by atoms with van der Waals surface area (Å²) in [4.78, 5) is 14.4. The van der Waals surface area contributed by atoms with Gasteiger partial charge in [0.2, 0.25) is 5.76 Å². The van der Waals surface area contributed by atoms with Crippen molar-refractivity contribution in [3.63, 3.8) is 0 Å². The summed E-state index contributed by atoms with van der Waals surface area (Å²) in [6.07, 6.45) is 3.10. The zero-order valence-corrected chi connectivity index (χ0v) is 12.8. The van der Waals surface area contributed by atoms with Crippen LogP contribution in [-0.2, 0) is 0 Å². The van der Waals surface area contributed by atoms with Crippen LogP contribution in [-0.4, -0.2) is 35.1 Å². The normalized spacial score (nSPS) is 18.5. The Hall–Kier alpha value is -2.14. The first kappa shape index (κ1) is 14.8. The summed E-state index contributed by atoms with van der Waals surface area (Å²) in [6.45, 7) is 3.26. The van der Waals surface area contributed by atoms with Crippen LogP contribution in [0, 0.1) is 6.92 Å². The van der Waals surface area contributed by atoms with Crippen molar-refractivity contribution in [3.8, 4) is 11.3 Å². The average molecular weight is 299 g/mol. The van der Waals surface area contributed by atoms with Crippen molar-refractivity contribution in [2.45, 2.75) is 32.2 Å². The van der Waals surface area contributed by atoms with Crippen molar-refractivity contribution >= 4 is 5.91 Å². The molecule has 3 rings (SSSR count). The SMILES string of the molecule is Cc1ccc(-c2cc(C(=O)N3CCCCC3CN)on2)cc1. The van der Waals surface area contributed by atoms with Gasteiger partial charge in [-0.15, -0.1) is 0 Å². The van der Waals surface area contributed by atoms with Crippen molar-refractivity contribution in [1.82, 2.24) is 10.1 Å². The zero-order chi connectivity index (χ0) is 15.5. The molecule has 0 aliphatic carbocycles. The van der Waals surface area contributed by atoms with E-state index in [-0.39, 0.29) is 17.7 Å². The number of benzene rings is 1. The second-order valence-electron chi connectivity index (χ2n) is 5.83. The van der Waals surface area contributed by atoms with Gasteiger partial charge < -0.3 is 15.2 Å². The summed E-state index contributed by atoms with van der Waals surface area (Å²) >= 11 is 0. The Labute approximate surface area is 130 Å². The molecule has 1 atom stereocenters. The number of aromatic nitrogens is 1. The summed E-state index contributed by atoms with van der Waals surface area (Å²) < 4.78 is 5.28. The summed E-state index contributed by atoms with van der Waals surface area (Å²) in [5.74, 6) is 0.178. The van der Waals surface area contributed by atoms with E-state index < -0.39 is 0 Å². The van der Waals surface area contributed by atoms with Gasteiger partial charge in [-0.2, -0.15) is 0 Å². The van der Waals surface area contributed by atoms with Crippen LogP contribution in [0.1, 0.15) is 35.4 Å². The Kier molecular flexibility index (Phi) is 4.24. The highest BCUT2D eigenvalue weighted by molar-refractivity contribution is 5.92. The smallest absolute Gasteiger partial charge is 0.292 e. The van der Waals surface area contributed by atoms with Gasteiger partial charge in [-0.05, 0) is 26.2 Å². The monoisotopic (exact) mass is 299 g/mol. The van der Waals surface area contributed by atoms with E-state index in [1.54, 1.807) is 6.07 Å². The van der Waals surface area contributed by atoms with Gasteiger partial charge in [-0.3, -0.25) is 4.79 Å². The third kappa shape index (κ3) is 2.90. The first-order valence-electron chi connectivity index (χ1n) is 7.74. The molecule has 1 aromatic carbocycles. The van der Waals surface area contributed by atoms with Crippen LogP contribution < -0.4 is 5.73 Å². The van der Waals surface area contributed by atoms with Crippen LogP contribution in [0.15, 0.2) is 34.9 Å². The lowest BCUT2D eigenvalue weighted by Crippen LogP contribution is -2.47. The van der Waals surface area contributed by atoms with E-state index >= 15 is 0 Å². The number of nitrogens with zero attached hydrogens (tertiary/aromatic N) is 2. The molecule has 116 valence electrons. The standard InChI is InChI=1S/C17H21N3O2/c1-12-5-7-13(8-6-12)15-10-16(22-19-15)17(21)20-9-3-2-4-14(20)11-18/h5-8,10,14H,2-4,9,11,18H2,1H3. The molecule has 1 fully saturated rings. The Morgan fingerprint density at radius 2 is 2.14 bits per heavy atom. The number of carbonyl (C=O) groups excluding carboxylic acids is 1. The lowest BCUT2D eigenvalue weighted by Gasteiger charge is -2.34. The molecule has 2 N–H and O–H groups in total. The van der Waals surface area contributed by atoms with Crippen LogP contribution in [0.5, 0.6) is 0 Å². The van der Waals surface area contributed by atoms with Crippen molar-refractivity contribution in [3.05, 3.63) is 41.7 Å². The maximum absolute atomic E-state index is 12.6. The molecule has 0 spiro atoms. The van der Waals surface area contributed by atoms with Crippen LogP contribution >= 0.6 is 0 Å². The van der Waals surface area contributed by atoms with E-state index in [1.807, 2.05) is 36.1 Å². The molecule has 0 bridgehead atoms. The second-order valence-corrected chi connectivity index (χ2v) is 5.83. The first-order chi connectivity index (χ1) is 10.7. The minimum absolute atomic E-state index is 0.106. The fourth-order valence-corrected chi connectivity index (χ4v) is 2.89. The molecule has 1 aliphatic heterocycles. The van der Waals surface area contributed by atoms with Gasteiger partial charge >= 0.3 is 0 Å². The van der Waals surface area contributed by atoms with E-state index in [4.69, 9.17) is 10.3 Å². The highest BCUT2D eigenvalue weighted by atomic mass is 16.5. The molecule has 2 heterocycles. The number of likely N-dealkylation sites (tertiary alicyclic amines) is 1. The lowest BCUT2D eigenvalue weighted by molar-refractivity contribution is 0.0581. The number of nitrogens with two attached hydrogens (primary N) is 1. The van der Waals surface area contributed by atoms with Gasteiger partial charge in [-0.1, -0.05) is 35.0 Å². The summed E-state index contributed by atoms with van der Waals surface area (Å²) in [5, 5.41) is 4.03. The minimum atomic E-state index is -0.110. The maximum Gasteiger partial charge on any atom is 0.292 e. The Morgan fingerprint density at radius 3 is 2.86 bits per heavy atom. The maximum atomic E-state index is 12.6. The van der Waals surface area contributed by atoms with Crippen molar-refractivity contribution in [1.29, 1.82) is 0 Å². The van der Waals surface area contributed by atoms with Crippen LogP contribution in [0.3, 0.4) is 0 Å². The Morgan fingerprint density at radius 1 is 1.36 bits per heavy atom. The zero-order valence-electron chi connectivity index (χ0n) is 12.8. The van der Waals surface area contributed by atoms with Crippen molar-refractivity contribution in [2.75, 3.05) is 13.1 Å². The molecule has 5 heteroatoms. The number of rotatable bonds is 3. The van der Waals surface area contributed by atoms with E-state index in [9.17, 15) is 4.79 Å². The molecule has 0 radical (unpaired) electrons. The molecule has 1 saturated heterocycles. The quantitative estimate of drug-likeness (QED) is 0.945. The molecule has 5 nitrogen and oxygen atoms in total. The third-order valence-corrected chi connectivity index (χ3v) is 4.23. The predicted molar refractivity (Wildman–Crippen MR) is 84.4 cm³/mol. The van der Waals surface area contributed by atoms with Gasteiger partial charge in [0.15, 0.2) is 0 Å². The van der Waals surface area contributed by atoms with Crippen LogP contribution in [0.2, 0.25) is 0 Å². The molecule has 0 saturated carbocycles. The summed E-state index contributed by atoms with van der Waals surface area (Å²) in [5.41, 5.74) is 8.59. The summed E-state index contributed by atoms with van der Waals surface area (Å²) in [7, 11) is 0. The molecule has 1 aliphatic rings. The van der Waals surface area contributed by atoms with Gasteiger partial charge in [0.25, 0.3) is 5.91 Å². The Balaban J connectivity index is 1.80. The van der Waals surface area contributed by atoms with Gasteiger partial charge in [0.05, 0.1) is 0 Å². The second kappa shape index (κ2) is 6.32. The first-order valence-corrected chi connectivity index (χ1v) is 7.74. The third-order valence-electron chi connectivity index (χ3n) is 4.23. The number of amides is 1. The average Bonchev–Trinajstić information content (AvgIpc) is 3.05. The number of aryl methyl sites for hydroxylation is 1. The number of carbonyl (C=O) groups is 1. The minimum Gasteiger partial charge on any atom is -0.350 e. The highest BCUT2D eigenvalue weighted by Crippen LogP contribution is 2.23. The molecule has 1 amide bonds. The van der Waals surface area contributed by atoms with E-state index in [0.29, 0.717) is 12.2 Å². The molecular weight excluding hydrogens is 278 g/mol. The number of hydrogen-bond acceptors (Lipinski definition) is 4. The van der Waals surface area contributed by atoms with E-state index in [2.05, 4.69) is 5.16 Å². The molecular formula is C17H21N3O2. The van der Waals surface area contributed by atoms with Crippen LogP contribution in [0.4, 0.5) is 0 Å². The largest absolute Gasteiger partial charge is 0.350 e. The fourth-order valence-electron chi connectivity index (χ4n) is 2.89. The molecule has 1 aromatic heterocycles. The highest BCUT2D eigenvalue weighted by Gasteiger charge is 2.28.